The Labute approximate surface area is 127 Å². The fourth-order valence-corrected chi connectivity index (χ4v) is 3.64. The third kappa shape index (κ3) is 3.85. The first-order valence-corrected chi connectivity index (χ1v) is 8.39. The van der Waals surface area contributed by atoms with Crippen LogP contribution in [0.25, 0.3) is 0 Å². The van der Waals surface area contributed by atoms with Crippen molar-refractivity contribution in [2.45, 2.75) is 51.1 Å². The summed E-state index contributed by atoms with van der Waals surface area (Å²) in [5.41, 5.74) is 1.24. The van der Waals surface area contributed by atoms with E-state index in [-0.39, 0.29) is 0 Å². The average molecular weight is 286 g/mol. The number of carbonyl (C=O) groups is 1. The molecule has 0 aromatic heterocycles. The van der Waals surface area contributed by atoms with Gasteiger partial charge in [-0.15, -0.1) is 0 Å². The van der Waals surface area contributed by atoms with Crippen LogP contribution in [0, 0.1) is 0 Å². The van der Waals surface area contributed by atoms with E-state index in [2.05, 4.69) is 21.9 Å². The second-order valence-electron chi connectivity index (χ2n) is 6.38. The fourth-order valence-electron chi connectivity index (χ4n) is 3.64. The van der Waals surface area contributed by atoms with E-state index in [1.54, 1.807) is 0 Å². The van der Waals surface area contributed by atoms with E-state index in [4.69, 9.17) is 0 Å². The Morgan fingerprint density at radius 2 is 1.71 bits per heavy atom. The molecule has 2 saturated heterocycles. The van der Waals surface area contributed by atoms with Gasteiger partial charge >= 0.3 is 0 Å². The number of nitrogens with zero attached hydrogens (tertiary/aromatic N) is 2. The van der Waals surface area contributed by atoms with E-state index in [1.807, 2.05) is 18.2 Å². The maximum Gasteiger partial charge on any atom is 0.222 e. The van der Waals surface area contributed by atoms with Gasteiger partial charge in [-0.05, 0) is 44.3 Å². The molecule has 2 heterocycles. The van der Waals surface area contributed by atoms with Crippen LogP contribution in [0.4, 0.5) is 0 Å². The van der Waals surface area contributed by atoms with Gasteiger partial charge in [0.05, 0.1) is 0 Å². The molecule has 1 aromatic rings. The van der Waals surface area contributed by atoms with Crippen molar-refractivity contribution in [2.24, 2.45) is 0 Å². The zero-order valence-electron chi connectivity index (χ0n) is 12.8. The van der Waals surface area contributed by atoms with Gasteiger partial charge in [0.1, 0.15) is 0 Å². The number of piperidine rings is 1. The van der Waals surface area contributed by atoms with Gasteiger partial charge in [-0.1, -0.05) is 36.8 Å². The molecule has 114 valence electrons. The molecule has 0 aliphatic carbocycles. The minimum atomic E-state index is 0.332. The Hall–Kier alpha value is -1.35. The first kappa shape index (κ1) is 14.6. The first-order valence-electron chi connectivity index (χ1n) is 8.39. The van der Waals surface area contributed by atoms with Gasteiger partial charge in [0.25, 0.3) is 0 Å². The number of amides is 1. The highest BCUT2D eigenvalue weighted by Crippen LogP contribution is 2.22. The van der Waals surface area contributed by atoms with Crippen molar-refractivity contribution >= 4 is 5.91 Å². The molecule has 0 bridgehead atoms. The average Bonchev–Trinajstić information content (AvgIpc) is 2.72. The molecule has 0 spiro atoms. The minimum Gasteiger partial charge on any atom is -0.338 e. The zero-order valence-corrected chi connectivity index (χ0v) is 12.8. The van der Waals surface area contributed by atoms with Gasteiger partial charge in [-0.25, -0.2) is 0 Å². The summed E-state index contributed by atoms with van der Waals surface area (Å²) in [6.07, 6.45) is 6.94. The molecule has 3 rings (SSSR count). The van der Waals surface area contributed by atoms with Gasteiger partial charge in [-0.3, -0.25) is 4.79 Å². The van der Waals surface area contributed by atoms with Crippen molar-refractivity contribution in [3.05, 3.63) is 35.9 Å². The predicted molar refractivity (Wildman–Crippen MR) is 84.9 cm³/mol. The molecule has 2 aliphatic rings. The lowest BCUT2D eigenvalue weighted by atomic mass is 10.0. The monoisotopic (exact) mass is 286 g/mol. The van der Waals surface area contributed by atoms with Crippen LogP contribution in [-0.2, 0) is 11.3 Å². The summed E-state index contributed by atoms with van der Waals surface area (Å²) >= 11 is 0. The third-order valence-electron chi connectivity index (χ3n) is 4.90. The minimum absolute atomic E-state index is 0.332. The molecule has 0 N–H and O–H groups in total. The zero-order chi connectivity index (χ0) is 14.5. The predicted octanol–water partition coefficient (Wildman–Crippen LogP) is 3.05. The van der Waals surface area contributed by atoms with Crippen LogP contribution in [0.5, 0.6) is 0 Å². The first-order chi connectivity index (χ1) is 10.3. The van der Waals surface area contributed by atoms with E-state index in [9.17, 15) is 4.79 Å². The Bertz CT molecular complexity index is 454. The van der Waals surface area contributed by atoms with E-state index >= 15 is 0 Å². The number of benzene rings is 1. The van der Waals surface area contributed by atoms with Crippen LogP contribution < -0.4 is 0 Å². The molecule has 21 heavy (non-hydrogen) atoms. The molecule has 3 nitrogen and oxygen atoms in total. The van der Waals surface area contributed by atoms with E-state index < -0.39 is 0 Å². The Morgan fingerprint density at radius 3 is 2.48 bits per heavy atom. The van der Waals surface area contributed by atoms with Crippen molar-refractivity contribution in [3.63, 3.8) is 0 Å². The molecule has 0 radical (unpaired) electrons. The molecule has 1 aromatic carbocycles. The lowest BCUT2D eigenvalue weighted by Crippen LogP contribution is -2.39. The third-order valence-corrected chi connectivity index (χ3v) is 4.90. The highest BCUT2D eigenvalue weighted by atomic mass is 16.2. The molecule has 3 heteroatoms. The number of hydrogen-bond acceptors (Lipinski definition) is 2. The summed E-state index contributed by atoms with van der Waals surface area (Å²) in [5.74, 6) is 0.332. The number of rotatable bonds is 3. The fraction of sp³-hybridized carbons (Fsp3) is 0.611. The van der Waals surface area contributed by atoms with Crippen molar-refractivity contribution in [1.29, 1.82) is 0 Å². The quantitative estimate of drug-likeness (QED) is 0.852. The summed E-state index contributed by atoms with van der Waals surface area (Å²) in [6, 6.07) is 11.0. The summed E-state index contributed by atoms with van der Waals surface area (Å²) < 4.78 is 0. The maximum absolute atomic E-state index is 12.4. The summed E-state index contributed by atoms with van der Waals surface area (Å²) in [6.45, 7) is 4.15. The van der Waals surface area contributed by atoms with Crippen LogP contribution in [0.15, 0.2) is 30.3 Å². The van der Waals surface area contributed by atoms with Crippen LogP contribution in [0.1, 0.15) is 44.1 Å². The second-order valence-corrected chi connectivity index (χ2v) is 6.38. The second kappa shape index (κ2) is 7.08. The van der Waals surface area contributed by atoms with Crippen molar-refractivity contribution in [1.82, 2.24) is 9.80 Å². The molecule has 2 fully saturated rings. The van der Waals surface area contributed by atoms with E-state index in [0.29, 0.717) is 18.4 Å². The smallest absolute Gasteiger partial charge is 0.222 e. The van der Waals surface area contributed by atoms with Gasteiger partial charge in [0, 0.05) is 25.6 Å². The summed E-state index contributed by atoms with van der Waals surface area (Å²) in [5, 5.41) is 0. The standard InChI is InChI=1S/C18H26N2O/c21-18-10-9-17(19-12-5-2-6-13-19)11-14-20(18)15-16-7-3-1-4-8-16/h1,3-4,7-8,17H,2,5-6,9-15H2. The molecule has 1 atom stereocenters. The maximum atomic E-state index is 12.4. The normalized spacial score (nSPS) is 24.9. The summed E-state index contributed by atoms with van der Waals surface area (Å²) in [4.78, 5) is 17.0. The number of hydrogen-bond donors (Lipinski definition) is 0. The highest BCUT2D eigenvalue weighted by molar-refractivity contribution is 5.76. The number of likely N-dealkylation sites (tertiary alicyclic amines) is 2. The molecular formula is C18H26N2O. The molecule has 1 unspecified atom stereocenters. The SMILES string of the molecule is O=C1CCC(N2CCCCC2)CCN1Cc1ccccc1. The van der Waals surface area contributed by atoms with Crippen LogP contribution in [-0.4, -0.2) is 41.4 Å². The number of carbonyl (C=O) groups excluding carboxylic acids is 1. The Balaban J connectivity index is 1.59. The van der Waals surface area contributed by atoms with Gasteiger partial charge in [-0.2, -0.15) is 0 Å². The largest absolute Gasteiger partial charge is 0.338 e. The van der Waals surface area contributed by atoms with E-state index in [0.717, 1.165) is 25.9 Å². The van der Waals surface area contributed by atoms with Gasteiger partial charge in [0.2, 0.25) is 5.91 Å². The molecule has 2 aliphatic heterocycles. The Morgan fingerprint density at radius 1 is 0.952 bits per heavy atom. The lowest BCUT2D eigenvalue weighted by molar-refractivity contribution is -0.131. The van der Waals surface area contributed by atoms with Crippen molar-refractivity contribution in [2.75, 3.05) is 19.6 Å². The van der Waals surface area contributed by atoms with Crippen LogP contribution in [0.2, 0.25) is 0 Å². The molecular weight excluding hydrogens is 260 g/mol. The summed E-state index contributed by atoms with van der Waals surface area (Å²) in [7, 11) is 0. The lowest BCUT2D eigenvalue weighted by Gasteiger charge is -2.34. The molecule has 1 amide bonds. The van der Waals surface area contributed by atoms with Crippen molar-refractivity contribution < 1.29 is 4.79 Å². The van der Waals surface area contributed by atoms with E-state index in [1.165, 1.54) is 37.9 Å². The van der Waals surface area contributed by atoms with Crippen LogP contribution in [0.3, 0.4) is 0 Å². The molecule has 0 saturated carbocycles. The van der Waals surface area contributed by atoms with Gasteiger partial charge in [0.15, 0.2) is 0 Å². The highest BCUT2D eigenvalue weighted by Gasteiger charge is 2.27. The van der Waals surface area contributed by atoms with Crippen LogP contribution >= 0.6 is 0 Å². The van der Waals surface area contributed by atoms with Gasteiger partial charge < -0.3 is 9.80 Å². The van der Waals surface area contributed by atoms with Crippen molar-refractivity contribution in [3.8, 4) is 0 Å². The topological polar surface area (TPSA) is 23.6 Å². The Kier molecular flexibility index (Phi) is 4.91.